The van der Waals surface area contributed by atoms with Gasteiger partial charge in [-0.15, -0.1) is 0 Å². The Morgan fingerprint density at radius 3 is 2.89 bits per heavy atom. The minimum absolute atomic E-state index is 0.0459. The lowest BCUT2D eigenvalue weighted by molar-refractivity contribution is 0.527. The fraction of sp³-hybridized carbons (Fsp3) is 0.429. The van der Waals surface area contributed by atoms with Crippen molar-refractivity contribution >= 4 is 15.9 Å². The van der Waals surface area contributed by atoms with E-state index < -0.39 is 0 Å². The molecular weight excluding hydrogens is 304 g/mol. The van der Waals surface area contributed by atoms with Crippen LogP contribution in [-0.2, 0) is 6.54 Å². The van der Waals surface area contributed by atoms with E-state index in [1.54, 1.807) is 0 Å². The summed E-state index contributed by atoms with van der Waals surface area (Å²) in [5, 5.41) is 7.78. The van der Waals surface area contributed by atoms with Crippen LogP contribution in [0, 0.1) is 6.92 Å². The van der Waals surface area contributed by atoms with Crippen molar-refractivity contribution in [3.63, 3.8) is 0 Å². The molecule has 0 saturated heterocycles. The van der Waals surface area contributed by atoms with Crippen LogP contribution in [0.2, 0.25) is 0 Å². The van der Waals surface area contributed by atoms with E-state index in [2.05, 4.69) is 51.2 Å². The summed E-state index contributed by atoms with van der Waals surface area (Å²) >= 11 is 3.60. The first-order valence-electron chi connectivity index (χ1n) is 6.49. The third-order valence-corrected chi connectivity index (χ3v) is 3.77. The van der Waals surface area contributed by atoms with Gasteiger partial charge in [0.15, 0.2) is 0 Å². The molecule has 0 aliphatic carbocycles. The molecule has 4 nitrogen and oxygen atoms in total. The average Bonchev–Trinajstić information content (AvgIpc) is 2.75. The van der Waals surface area contributed by atoms with Crippen LogP contribution in [0.15, 0.2) is 29.0 Å². The molecule has 2 rings (SSSR count). The van der Waals surface area contributed by atoms with E-state index in [0.717, 1.165) is 28.8 Å². The Morgan fingerprint density at radius 2 is 2.26 bits per heavy atom. The van der Waals surface area contributed by atoms with E-state index in [9.17, 15) is 0 Å². The van der Waals surface area contributed by atoms with Crippen molar-refractivity contribution in [1.29, 1.82) is 0 Å². The van der Waals surface area contributed by atoms with Crippen LogP contribution < -0.4 is 5.32 Å². The van der Waals surface area contributed by atoms with Crippen molar-refractivity contribution in [2.45, 2.75) is 32.9 Å². The molecule has 0 saturated carbocycles. The van der Waals surface area contributed by atoms with Gasteiger partial charge in [0.1, 0.15) is 0 Å². The minimum atomic E-state index is 0.0459. The van der Waals surface area contributed by atoms with Crippen LogP contribution in [0.25, 0.3) is 0 Å². The summed E-state index contributed by atoms with van der Waals surface area (Å²) in [7, 11) is 1.95. The molecule has 2 aromatic heterocycles. The number of hydrogen-bond donors (Lipinski definition) is 1. The summed E-state index contributed by atoms with van der Waals surface area (Å²) in [6.45, 7) is 5.14. The van der Waals surface area contributed by atoms with Crippen molar-refractivity contribution in [2.75, 3.05) is 7.05 Å². The highest BCUT2D eigenvalue weighted by Gasteiger charge is 2.22. The normalized spacial score (nSPS) is 12.6. The standard InChI is InChI=1S/C14H19BrN4/c1-4-8-19-14(11(15)9-18-19)13(16-3)12-10(2)6-5-7-17-12/h5-7,9,13,16H,4,8H2,1-3H3. The molecular formula is C14H19BrN4. The summed E-state index contributed by atoms with van der Waals surface area (Å²) < 4.78 is 3.06. The molecule has 0 bridgehead atoms. The molecule has 0 aliphatic heterocycles. The Morgan fingerprint density at radius 1 is 1.47 bits per heavy atom. The predicted octanol–water partition coefficient (Wildman–Crippen LogP) is 3.07. The zero-order chi connectivity index (χ0) is 13.8. The minimum Gasteiger partial charge on any atom is -0.307 e. The molecule has 0 aromatic carbocycles. The predicted molar refractivity (Wildman–Crippen MR) is 80.1 cm³/mol. The van der Waals surface area contributed by atoms with E-state index >= 15 is 0 Å². The van der Waals surface area contributed by atoms with E-state index in [-0.39, 0.29) is 6.04 Å². The summed E-state index contributed by atoms with van der Waals surface area (Å²) in [5.41, 5.74) is 3.35. The fourth-order valence-electron chi connectivity index (χ4n) is 2.25. The quantitative estimate of drug-likeness (QED) is 0.919. The van der Waals surface area contributed by atoms with Gasteiger partial charge in [-0.25, -0.2) is 0 Å². The van der Waals surface area contributed by atoms with Crippen molar-refractivity contribution < 1.29 is 0 Å². The third kappa shape index (κ3) is 2.87. The molecule has 2 aromatic rings. The second-order valence-electron chi connectivity index (χ2n) is 4.53. The topological polar surface area (TPSA) is 42.7 Å². The maximum absolute atomic E-state index is 4.52. The van der Waals surface area contributed by atoms with Crippen molar-refractivity contribution in [2.24, 2.45) is 0 Å². The molecule has 0 radical (unpaired) electrons. The SMILES string of the molecule is CCCn1ncc(Br)c1C(NC)c1ncccc1C. The van der Waals surface area contributed by atoms with Crippen LogP contribution in [0.5, 0.6) is 0 Å². The summed E-state index contributed by atoms with van der Waals surface area (Å²) in [6, 6.07) is 4.09. The van der Waals surface area contributed by atoms with Gasteiger partial charge in [0.05, 0.1) is 28.1 Å². The van der Waals surface area contributed by atoms with Crippen molar-refractivity contribution in [3.05, 3.63) is 46.0 Å². The molecule has 1 N–H and O–H groups in total. The van der Waals surface area contributed by atoms with Crippen LogP contribution in [0.1, 0.15) is 36.3 Å². The maximum atomic E-state index is 4.52. The number of pyridine rings is 1. The molecule has 1 atom stereocenters. The van der Waals surface area contributed by atoms with Crippen molar-refractivity contribution in [3.8, 4) is 0 Å². The fourth-order valence-corrected chi connectivity index (χ4v) is 2.78. The van der Waals surface area contributed by atoms with Crippen molar-refractivity contribution in [1.82, 2.24) is 20.1 Å². The van der Waals surface area contributed by atoms with Crippen LogP contribution in [0.3, 0.4) is 0 Å². The molecule has 1 unspecified atom stereocenters. The average molecular weight is 323 g/mol. The van der Waals surface area contributed by atoms with E-state index in [1.807, 2.05) is 30.2 Å². The lowest BCUT2D eigenvalue weighted by atomic mass is 10.1. The molecule has 0 aliphatic rings. The van der Waals surface area contributed by atoms with Gasteiger partial charge in [0.2, 0.25) is 0 Å². The van der Waals surface area contributed by atoms with E-state index in [4.69, 9.17) is 0 Å². The van der Waals surface area contributed by atoms with Gasteiger partial charge in [-0.1, -0.05) is 13.0 Å². The second-order valence-corrected chi connectivity index (χ2v) is 5.38. The Bertz CT molecular complexity index is 550. The Kier molecular flexibility index (Phi) is 4.71. The Hall–Kier alpha value is -1.20. The first-order valence-corrected chi connectivity index (χ1v) is 7.28. The monoisotopic (exact) mass is 322 g/mol. The highest BCUT2D eigenvalue weighted by Crippen LogP contribution is 2.29. The third-order valence-electron chi connectivity index (χ3n) is 3.15. The van der Waals surface area contributed by atoms with E-state index in [0.29, 0.717) is 0 Å². The van der Waals surface area contributed by atoms with Gasteiger partial charge in [0.25, 0.3) is 0 Å². The van der Waals surface area contributed by atoms with Gasteiger partial charge in [-0.3, -0.25) is 9.67 Å². The first-order chi connectivity index (χ1) is 9.19. The molecule has 5 heteroatoms. The Labute approximate surface area is 122 Å². The van der Waals surface area contributed by atoms with Gasteiger partial charge >= 0.3 is 0 Å². The number of nitrogens with zero attached hydrogens (tertiary/aromatic N) is 3. The molecule has 2 heterocycles. The number of halogens is 1. The summed E-state index contributed by atoms with van der Waals surface area (Å²) in [5.74, 6) is 0. The smallest absolute Gasteiger partial charge is 0.0933 e. The number of hydrogen-bond acceptors (Lipinski definition) is 3. The van der Waals surface area contributed by atoms with Gasteiger partial charge in [0, 0.05) is 12.7 Å². The van der Waals surface area contributed by atoms with Gasteiger partial charge < -0.3 is 5.32 Å². The van der Waals surface area contributed by atoms with Gasteiger partial charge in [-0.05, 0) is 48.0 Å². The molecule has 0 fully saturated rings. The number of rotatable bonds is 5. The number of aromatic nitrogens is 3. The number of nitrogens with one attached hydrogen (secondary N) is 1. The molecule has 0 spiro atoms. The zero-order valence-electron chi connectivity index (χ0n) is 11.5. The van der Waals surface area contributed by atoms with E-state index in [1.165, 1.54) is 5.56 Å². The molecule has 0 amide bonds. The zero-order valence-corrected chi connectivity index (χ0v) is 13.1. The van der Waals surface area contributed by atoms with Crippen LogP contribution in [0.4, 0.5) is 0 Å². The summed E-state index contributed by atoms with van der Waals surface area (Å²) in [6.07, 6.45) is 4.74. The lowest BCUT2D eigenvalue weighted by Crippen LogP contribution is -2.24. The van der Waals surface area contributed by atoms with Crippen LogP contribution >= 0.6 is 15.9 Å². The lowest BCUT2D eigenvalue weighted by Gasteiger charge is -2.19. The highest BCUT2D eigenvalue weighted by atomic mass is 79.9. The first kappa shape index (κ1) is 14.2. The summed E-state index contributed by atoms with van der Waals surface area (Å²) in [4.78, 5) is 4.52. The molecule has 102 valence electrons. The Balaban J connectivity index is 2.48. The largest absolute Gasteiger partial charge is 0.307 e. The maximum Gasteiger partial charge on any atom is 0.0933 e. The second kappa shape index (κ2) is 6.30. The highest BCUT2D eigenvalue weighted by molar-refractivity contribution is 9.10. The number of aryl methyl sites for hydroxylation is 2. The molecule has 19 heavy (non-hydrogen) atoms. The van der Waals surface area contributed by atoms with Crippen LogP contribution in [-0.4, -0.2) is 21.8 Å². The van der Waals surface area contributed by atoms with Gasteiger partial charge in [-0.2, -0.15) is 5.10 Å².